The van der Waals surface area contributed by atoms with E-state index in [2.05, 4.69) is 37.6 Å². The maximum atomic E-state index is 13.6. The van der Waals surface area contributed by atoms with Crippen LogP contribution in [0.1, 0.15) is 20.8 Å². The van der Waals surface area contributed by atoms with Crippen molar-refractivity contribution in [3.8, 4) is 11.4 Å². The summed E-state index contributed by atoms with van der Waals surface area (Å²) in [6.07, 6.45) is -3.63. The van der Waals surface area contributed by atoms with E-state index in [0.29, 0.717) is 28.1 Å². The van der Waals surface area contributed by atoms with Crippen molar-refractivity contribution in [1.82, 2.24) is 29.5 Å². The third kappa shape index (κ3) is 8.41. The number of hydrogen-bond acceptors (Lipinski definition) is 10. The Morgan fingerprint density at radius 1 is 0.887 bits per heavy atom. The van der Waals surface area contributed by atoms with Gasteiger partial charge in [0, 0.05) is 61.9 Å². The second-order valence-electron chi connectivity index (χ2n) is 14.7. The van der Waals surface area contributed by atoms with Crippen molar-refractivity contribution in [2.75, 3.05) is 80.0 Å². The average molecular weight is 737 g/mol. The number of aromatic nitrogens is 4. The Hall–Kier alpha value is -5.16. The lowest BCUT2D eigenvalue weighted by Crippen LogP contribution is -2.66. The fourth-order valence-electron chi connectivity index (χ4n) is 6.85. The van der Waals surface area contributed by atoms with Crippen molar-refractivity contribution in [2.45, 2.75) is 51.2 Å². The first-order valence-electron chi connectivity index (χ1n) is 17.6. The summed E-state index contributed by atoms with van der Waals surface area (Å²) in [6.45, 7) is 9.04. The van der Waals surface area contributed by atoms with E-state index >= 15 is 0 Å². The molecule has 3 aliphatic heterocycles. The molecular weight excluding hydrogens is 693 g/mol. The van der Waals surface area contributed by atoms with Gasteiger partial charge in [-0.05, 0) is 76.3 Å². The van der Waals surface area contributed by atoms with Crippen LogP contribution in [0.25, 0.3) is 22.4 Å². The van der Waals surface area contributed by atoms with Gasteiger partial charge in [-0.2, -0.15) is 18.3 Å². The van der Waals surface area contributed by atoms with Gasteiger partial charge in [-0.1, -0.05) is 0 Å². The highest BCUT2D eigenvalue weighted by Crippen LogP contribution is 2.35. The third-order valence-electron chi connectivity index (χ3n) is 9.37. The van der Waals surface area contributed by atoms with Gasteiger partial charge in [0.2, 0.25) is 0 Å². The van der Waals surface area contributed by atoms with Gasteiger partial charge in [0.25, 0.3) is 0 Å². The summed E-state index contributed by atoms with van der Waals surface area (Å²) in [6, 6.07) is 13.3. The summed E-state index contributed by atoms with van der Waals surface area (Å²) in [7, 11) is 2.11. The van der Waals surface area contributed by atoms with Crippen LogP contribution in [0.3, 0.4) is 0 Å². The molecule has 4 aromatic rings. The van der Waals surface area contributed by atoms with Crippen LogP contribution < -0.4 is 20.4 Å². The number of fused-ring (bicyclic) bond motifs is 3. The number of morpholine rings is 1. The molecule has 0 aliphatic carbocycles. The summed E-state index contributed by atoms with van der Waals surface area (Å²) in [4.78, 5) is 43.6. The van der Waals surface area contributed by atoms with E-state index in [9.17, 15) is 22.8 Å². The largest absolute Gasteiger partial charge is 0.444 e. The lowest BCUT2D eigenvalue weighted by Gasteiger charge is -2.50. The molecule has 5 heterocycles. The number of anilines is 4. The second kappa shape index (κ2) is 14.3. The van der Waals surface area contributed by atoms with Crippen molar-refractivity contribution in [2.24, 2.45) is 0 Å². The molecule has 3 amide bonds. The molecule has 282 valence electrons. The van der Waals surface area contributed by atoms with Crippen molar-refractivity contribution in [3.63, 3.8) is 0 Å². The Bertz CT molecular complexity index is 1930. The van der Waals surface area contributed by atoms with Crippen LogP contribution in [0, 0.1) is 0 Å². The van der Waals surface area contributed by atoms with E-state index in [1.807, 2.05) is 29.2 Å². The predicted molar refractivity (Wildman–Crippen MR) is 194 cm³/mol. The molecule has 3 saturated heterocycles. The number of nitrogens with zero attached hydrogens (tertiary/aromatic N) is 8. The van der Waals surface area contributed by atoms with Gasteiger partial charge in [-0.3, -0.25) is 0 Å². The second-order valence-corrected chi connectivity index (χ2v) is 14.7. The van der Waals surface area contributed by atoms with Crippen molar-refractivity contribution >= 4 is 46.0 Å². The minimum atomic E-state index is -4.53. The van der Waals surface area contributed by atoms with Crippen LogP contribution in [0.4, 0.5) is 45.6 Å². The van der Waals surface area contributed by atoms with Gasteiger partial charge in [-0.25, -0.2) is 24.2 Å². The average Bonchev–Trinajstić information content (AvgIpc) is 3.48. The van der Waals surface area contributed by atoms with Crippen LogP contribution in [-0.2, 0) is 16.0 Å². The third-order valence-corrected chi connectivity index (χ3v) is 9.37. The first-order valence-corrected chi connectivity index (χ1v) is 17.6. The molecule has 53 heavy (non-hydrogen) atoms. The van der Waals surface area contributed by atoms with Crippen molar-refractivity contribution < 1.29 is 32.2 Å². The van der Waals surface area contributed by atoms with E-state index in [1.54, 1.807) is 49.9 Å². The Morgan fingerprint density at radius 3 is 2.08 bits per heavy atom. The summed E-state index contributed by atoms with van der Waals surface area (Å²) in [5.74, 6) is 0.585. The van der Waals surface area contributed by atoms with Crippen LogP contribution >= 0.6 is 0 Å². The zero-order valence-electron chi connectivity index (χ0n) is 30.1. The van der Waals surface area contributed by atoms with Gasteiger partial charge < -0.3 is 39.7 Å². The van der Waals surface area contributed by atoms with Gasteiger partial charge in [0.1, 0.15) is 18.0 Å². The maximum Gasteiger partial charge on any atom is 0.410 e. The number of carbonyl (C=O) groups excluding carboxylic acids is 2. The minimum Gasteiger partial charge on any atom is -0.444 e. The first kappa shape index (κ1) is 36.2. The van der Waals surface area contributed by atoms with Gasteiger partial charge >= 0.3 is 18.3 Å². The number of alkyl halides is 3. The van der Waals surface area contributed by atoms with Crippen LogP contribution in [0.5, 0.6) is 0 Å². The molecule has 17 heteroatoms. The number of ether oxygens (including phenoxy) is 2. The molecule has 2 N–H and O–H groups in total. The van der Waals surface area contributed by atoms with E-state index in [0.717, 1.165) is 36.5 Å². The molecule has 0 radical (unpaired) electrons. The van der Waals surface area contributed by atoms with Gasteiger partial charge in [0.05, 0.1) is 36.9 Å². The Kier molecular flexibility index (Phi) is 9.80. The Morgan fingerprint density at radius 2 is 1.49 bits per heavy atom. The summed E-state index contributed by atoms with van der Waals surface area (Å²) >= 11 is 0. The first-order chi connectivity index (χ1) is 25.2. The van der Waals surface area contributed by atoms with Crippen LogP contribution in [0.2, 0.25) is 0 Å². The quantitative estimate of drug-likeness (QED) is 0.270. The van der Waals surface area contributed by atoms with Gasteiger partial charge in [0.15, 0.2) is 11.5 Å². The van der Waals surface area contributed by atoms with Crippen LogP contribution in [-0.4, -0.2) is 125 Å². The number of halogens is 3. The summed E-state index contributed by atoms with van der Waals surface area (Å²) in [5.41, 5.74) is 2.11. The normalized spacial score (nSPS) is 19.7. The summed E-state index contributed by atoms with van der Waals surface area (Å²) in [5, 5.41) is 10.1. The predicted octanol–water partition coefficient (Wildman–Crippen LogP) is 5.28. The van der Waals surface area contributed by atoms with Gasteiger partial charge in [-0.15, -0.1) is 0 Å². The molecule has 2 bridgehead atoms. The molecule has 0 spiro atoms. The monoisotopic (exact) mass is 736 g/mol. The number of hydrogen-bond donors (Lipinski definition) is 2. The lowest BCUT2D eigenvalue weighted by molar-refractivity contribution is -0.141. The van der Waals surface area contributed by atoms with E-state index in [4.69, 9.17) is 14.5 Å². The highest BCUT2D eigenvalue weighted by Gasteiger charge is 2.43. The standard InChI is InChI=1S/C36H43F3N10O4/c1-35(2,3)53-34(51)47-18-27-20-52-21-28(19-47)49(27)32-29-17-40-48(22-36(37,38)39)31(29)43-30(44-32)23-5-7-24(8-6-23)41-33(50)42-25-9-11-26(12-10-25)46-15-13-45(4)14-16-46/h5-12,17,27-28H,13-16,18-22H2,1-4H3,(H2,41,42,50). The number of benzene rings is 2. The Balaban J connectivity index is 1.11. The molecule has 2 aromatic heterocycles. The molecular formula is C36H43F3N10O4. The minimum absolute atomic E-state index is 0.0242. The number of likely N-dealkylation sites (N-methyl/N-ethyl adjacent to an activating group) is 1. The number of carbonyl (C=O) groups is 2. The summed E-state index contributed by atoms with van der Waals surface area (Å²) < 4.78 is 53.2. The number of nitrogens with one attached hydrogen (secondary N) is 2. The van der Waals surface area contributed by atoms with Crippen molar-refractivity contribution in [3.05, 3.63) is 54.7 Å². The molecule has 2 unspecified atom stereocenters. The maximum absolute atomic E-state index is 13.6. The molecule has 14 nitrogen and oxygen atoms in total. The zero-order chi connectivity index (χ0) is 37.5. The number of amides is 3. The molecule has 2 atom stereocenters. The SMILES string of the molecule is CN1CCN(c2ccc(NC(=O)Nc3ccc(-c4nc(N5C6COCC5CN(C(=O)OC(C)(C)C)C6)c5cnn(CC(F)(F)F)c5n4)cc3)cc2)CC1. The number of rotatable bonds is 6. The smallest absolute Gasteiger partial charge is 0.410 e. The molecule has 0 saturated carbocycles. The zero-order valence-corrected chi connectivity index (χ0v) is 30.1. The van der Waals surface area contributed by atoms with E-state index < -0.39 is 30.4 Å². The van der Waals surface area contributed by atoms with E-state index in [-0.39, 0.29) is 49.9 Å². The highest BCUT2D eigenvalue weighted by atomic mass is 19.4. The molecule has 3 aliphatic rings. The lowest BCUT2D eigenvalue weighted by atomic mass is 10.0. The van der Waals surface area contributed by atoms with Crippen molar-refractivity contribution in [1.29, 1.82) is 0 Å². The highest BCUT2D eigenvalue weighted by molar-refractivity contribution is 6.00. The topological polar surface area (TPSA) is 133 Å². The fourth-order valence-corrected chi connectivity index (χ4v) is 6.85. The fraction of sp³-hybridized carbons (Fsp3) is 0.472. The molecule has 7 rings (SSSR count). The number of urea groups is 1. The number of piperazine rings is 2. The van der Waals surface area contributed by atoms with E-state index in [1.165, 1.54) is 6.20 Å². The molecule has 3 fully saturated rings. The van der Waals surface area contributed by atoms with Crippen LogP contribution in [0.15, 0.2) is 54.7 Å². The molecule has 2 aromatic carbocycles. The Labute approximate surface area is 304 Å².